The third-order valence-electron chi connectivity index (χ3n) is 4.21. The lowest BCUT2D eigenvalue weighted by Gasteiger charge is -2.26. The molecule has 0 aliphatic carbocycles. The summed E-state index contributed by atoms with van der Waals surface area (Å²) in [7, 11) is 1.93. The van der Waals surface area contributed by atoms with Crippen molar-refractivity contribution in [1.82, 2.24) is 10.2 Å². The molecule has 1 aliphatic heterocycles. The van der Waals surface area contributed by atoms with Crippen LogP contribution < -0.4 is 10.2 Å². The van der Waals surface area contributed by atoms with Gasteiger partial charge in [-0.15, -0.1) is 0 Å². The van der Waals surface area contributed by atoms with E-state index >= 15 is 0 Å². The molecule has 1 heterocycles. The van der Waals surface area contributed by atoms with E-state index in [2.05, 4.69) is 5.32 Å². The number of benzene rings is 1. The standard InChI is InChI=1S/C16H22F3N3O2/c1-21(13-6-3-2-4-7-13)10-5-9-20-14(23)22-11-8-15(24,12-22)16(17,18)19/h2-4,6-7,24H,5,8-12H2,1H3,(H,20,23)/t15-/m1/s1. The van der Waals surface area contributed by atoms with Crippen molar-refractivity contribution in [1.29, 1.82) is 0 Å². The minimum Gasteiger partial charge on any atom is -0.379 e. The van der Waals surface area contributed by atoms with Gasteiger partial charge in [0.15, 0.2) is 5.60 Å². The molecule has 1 fully saturated rings. The molecule has 1 saturated heterocycles. The Morgan fingerprint density at radius 3 is 2.62 bits per heavy atom. The van der Waals surface area contributed by atoms with Crippen molar-refractivity contribution in [3.05, 3.63) is 30.3 Å². The number of amides is 2. The molecule has 24 heavy (non-hydrogen) atoms. The van der Waals surface area contributed by atoms with Crippen LogP contribution in [-0.2, 0) is 0 Å². The summed E-state index contributed by atoms with van der Waals surface area (Å²) in [5.41, 5.74) is -1.74. The predicted octanol–water partition coefficient (Wildman–Crippen LogP) is 2.22. The van der Waals surface area contributed by atoms with Gasteiger partial charge in [0.2, 0.25) is 0 Å². The number of anilines is 1. The summed E-state index contributed by atoms with van der Waals surface area (Å²) in [6, 6.07) is 9.17. The van der Waals surface area contributed by atoms with Gasteiger partial charge in [-0.2, -0.15) is 13.2 Å². The Morgan fingerprint density at radius 1 is 1.38 bits per heavy atom. The van der Waals surface area contributed by atoms with Crippen LogP contribution in [0.4, 0.5) is 23.7 Å². The first-order chi connectivity index (χ1) is 11.2. The average Bonchev–Trinajstić information content (AvgIpc) is 2.95. The molecule has 0 unspecified atom stereocenters. The first-order valence-corrected chi connectivity index (χ1v) is 7.81. The third kappa shape index (κ3) is 4.31. The number of aliphatic hydroxyl groups is 1. The van der Waals surface area contributed by atoms with Crippen LogP contribution in [0.5, 0.6) is 0 Å². The third-order valence-corrected chi connectivity index (χ3v) is 4.21. The van der Waals surface area contributed by atoms with Crippen LogP contribution in [0.3, 0.4) is 0 Å². The summed E-state index contributed by atoms with van der Waals surface area (Å²) in [4.78, 5) is 14.9. The van der Waals surface area contributed by atoms with Gasteiger partial charge in [-0.3, -0.25) is 0 Å². The molecule has 2 amide bonds. The number of urea groups is 1. The second kappa shape index (κ2) is 7.29. The van der Waals surface area contributed by atoms with Crippen molar-refractivity contribution in [3.8, 4) is 0 Å². The van der Waals surface area contributed by atoms with Crippen molar-refractivity contribution in [2.45, 2.75) is 24.6 Å². The van der Waals surface area contributed by atoms with E-state index in [1.165, 1.54) is 0 Å². The van der Waals surface area contributed by atoms with Gasteiger partial charge in [-0.1, -0.05) is 18.2 Å². The number of hydrogen-bond donors (Lipinski definition) is 2. The van der Waals surface area contributed by atoms with Crippen LogP contribution in [0.1, 0.15) is 12.8 Å². The Balaban J connectivity index is 1.71. The predicted molar refractivity (Wildman–Crippen MR) is 84.9 cm³/mol. The van der Waals surface area contributed by atoms with Crippen molar-refractivity contribution < 1.29 is 23.1 Å². The molecule has 1 aromatic rings. The maximum atomic E-state index is 12.7. The number of β-amino-alcohol motifs (C(OH)–C–C–N with tert-alkyl or cyclic N) is 1. The number of nitrogens with zero attached hydrogens (tertiary/aromatic N) is 2. The maximum absolute atomic E-state index is 12.7. The van der Waals surface area contributed by atoms with Gasteiger partial charge < -0.3 is 20.2 Å². The van der Waals surface area contributed by atoms with Gasteiger partial charge in [0.1, 0.15) is 0 Å². The smallest absolute Gasteiger partial charge is 0.379 e. The lowest BCUT2D eigenvalue weighted by molar-refractivity contribution is -0.253. The van der Waals surface area contributed by atoms with Crippen molar-refractivity contribution in [2.24, 2.45) is 0 Å². The van der Waals surface area contributed by atoms with Crippen LogP contribution >= 0.6 is 0 Å². The zero-order valence-electron chi connectivity index (χ0n) is 13.5. The first kappa shape index (κ1) is 18.4. The molecule has 5 nitrogen and oxygen atoms in total. The normalized spacial score (nSPS) is 21.0. The second-order valence-corrected chi connectivity index (χ2v) is 6.04. The van der Waals surface area contributed by atoms with E-state index in [9.17, 15) is 23.1 Å². The number of nitrogens with one attached hydrogen (secondary N) is 1. The summed E-state index contributed by atoms with van der Waals surface area (Å²) in [6.07, 6.45) is -4.55. The number of likely N-dealkylation sites (tertiary alicyclic amines) is 1. The molecule has 134 valence electrons. The molecule has 0 saturated carbocycles. The zero-order valence-corrected chi connectivity index (χ0v) is 13.5. The Morgan fingerprint density at radius 2 is 2.04 bits per heavy atom. The summed E-state index contributed by atoms with van der Waals surface area (Å²) < 4.78 is 38.2. The quantitative estimate of drug-likeness (QED) is 0.805. The van der Waals surface area contributed by atoms with Crippen molar-refractivity contribution in [2.75, 3.05) is 38.1 Å². The Hall–Kier alpha value is -1.96. The molecule has 1 aliphatic rings. The molecular weight excluding hydrogens is 323 g/mol. The minimum absolute atomic E-state index is 0.105. The fourth-order valence-corrected chi connectivity index (χ4v) is 2.63. The van der Waals surface area contributed by atoms with Gasteiger partial charge in [-0.05, 0) is 18.6 Å². The van der Waals surface area contributed by atoms with E-state index in [1.54, 1.807) is 0 Å². The molecule has 2 rings (SSSR count). The summed E-state index contributed by atoms with van der Waals surface area (Å²) in [6.45, 7) is 0.242. The van der Waals surface area contributed by atoms with Crippen molar-refractivity contribution >= 4 is 11.7 Å². The van der Waals surface area contributed by atoms with Crippen LogP contribution in [-0.4, -0.2) is 61.0 Å². The highest BCUT2D eigenvalue weighted by atomic mass is 19.4. The van der Waals surface area contributed by atoms with Gasteiger partial charge >= 0.3 is 12.2 Å². The number of hydrogen-bond acceptors (Lipinski definition) is 3. The highest BCUT2D eigenvalue weighted by molar-refractivity contribution is 5.74. The topological polar surface area (TPSA) is 55.8 Å². The zero-order chi connectivity index (χ0) is 17.8. The molecular formula is C16H22F3N3O2. The van der Waals surface area contributed by atoms with Gasteiger partial charge in [0.25, 0.3) is 0 Å². The molecule has 2 N–H and O–H groups in total. The number of para-hydroxylation sites is 1. The molecule has 1 atom stereocenters. The number of alkyl halides is 3. The van der Waals surface area contributed by atoms with Gasteiger partial charge in [0.05, 0.1) is 6.54 Å². The van der Waals surface area contributed by atoms with E-state index < -0.39 is 30.8 Å². The molecule has 0 spiro atoms. The molecule has 8 heteroatoms. The SMILES string of the molecule is CN(CCCNC(=O)N1CC[C@](O)(C(F)(F)F)C1)c1ccccc1. The van der Waals surface area contributed by atoms with Gasteiger partial charge in [-0.25, -0.2) is 4.79 Å². The average molecular weight is 345 g/mol. The summed E-state index contributed by atoms with van der Waals surface area (Å²) >= 11 is 0. The van der Waals surface area contributed by atoms with E-state index in [0.29, 0.717) is 19.5 Å². The van der Waals surface area contributed by atoms with Crippen LogP contribution in [0.15, 0.2) is 30.3 Å². The lowest BCUT2D eigenvalue weighted by Crippen LogP contribution is -2.49. The molecule has 0 radical (unpaired) electrons. The first-order valence-electron chi connectivity index (χ1n) is 7.81. The van der Waals surface area contributed by atoms with Crippen LogP contribution in [0.25, 0.3) is 0 Å². The molecule has 1 aromatic carbocycles. The Bertz CT molecular complexity index is 553. The highest BCUT2D eigenvalue weighted by Gasteiger charge is 2.57. The largest absolute Gasteiger partial charge is 0.419 e. The number of carbonyl (C=O) groups excluding carboxylic acids is 1. The monoisotopic (exact) mass is 345 g/mol. The summed E-state index contributed by atoms with van der Waals surface area (Å²) in [5.74, 6) is 0. The Kier molecular flexibility index (Phi) is 5.58. The second-order valence-electron chi connectivity index (χ2n) is 6.04. The Labute approximate surface area is 139 Å². The highest BCUT2D eigenvalue weighted by Crippen LogP contribution is 2.37. The van der Waals surface area contributed by atoms with Gasteiger partial charge in [0, 0.05) is 38.8 Å². The fraction of sp³-hybridized carbons (Fsp3) is 0.562. The minimum atomic E-state index is -4.72. The lowest BCUT2D eigenvalue weighted by atomic mass is 10.0. The van der Waals surface area contributed by atoms with Crippen LogP contribution in [0, 0.1) is 0 Å². The molecule has 0 bridgehead atoms. The van der Waals surface area contributed by atoms with E-state index in [-0.39, 0.29) is 6.54 Å². The molecule has 0 aromatic heterocycles. The summed E-state index contributed by atoms with van der Waals surface area (Å²) in [5, 5.41) is 12.2. The van der Waals surface area contributed by atoms with E-state index in [1.807, 2.05) is 42.3 Å². The number of rotatable bonds is 5. The number of halogens is 3. The van der Waals surface area contributed by atoms with Crippen LogP contribution in [0.2, 0.25) is 0 Å². The fourth-order valence-electron chi connectivity index (χ4n) is 2.63. The number of carbonyl (C=O) groups is 1. The van der Waals surface area contributed by atoms with E-state index in [4.69, 9.17) is 0 Å². The maximum Gasteiger partial charge on any atom is 0.419 e. The van der Waals surface area contributed by atoms with Crippen molar-refractivity contribution in [3.63, 3.8) is 0 Å². The van der Waals surface area contributed by atoms with E-state index in [0.717, 1.165) is 10.6 Å².